The van der Waals surface area contributed by atoms with E-state index >= 15 is 0 Å². The van der Waals surface area contributed by atoms with E-state index in [1.165, 1.54) is 0 Å². The second-order valence-electron chi connectivity index (χ2n) is 9.08. The van der Waals surface area contributed by atoms with E-state index in [-0.39, 0.29) is 5.78 Å². The molecule has 2 heterocycles. The van der Waals surface area contributed by atoms with E-state index in [9.17, 15) is 4.79 Å². The van der Waals surface area contributed by atoms with Crippen molar-refractivity contribution in [2.75, 3.05) is 0 Å². The summed E-state index contributed by atoms with van der Waals surface area (Å²) in [5, 5.41) is 9.31. The van der Waals surface area contributed by atoms with Crippen molar-refractivity contribution in [2.45, 2.75) is 33.6 Å². The lowest BCUT2D eigenvalue weighted by Gasteiger charge is -2.22. The predicted molar refractivity (Wildman–Crippen MR) is 136 cm³/mol. The molecule has 34 heavy (non-hydrogen) atoms. The molecule has 0 saturated heterocycles. The zero-order chi connectivity index (χ0) is 23.7. The lowest BCUT2D eigenvalue weighted by atomic mass is 9.81. The van der Waals surface area contributed by atoms with Crippen LogP contribution >= 0.6 is 0 Å². The van der Waals surface area contributed by atoms with Crippen molar-refractivity contribution < 1.29 is 4.79 Å². The molecule has 0 amide bonds. The summed E-state index contributed by atoms with van der Waals surface area (Å²) in [6, 6.07) is 20.1. The molecule has 1 fully saturated rings. The van der Waals surface area contributed by atoms with Crippen LogP contribution in [0, 0.1) is 19.8 Å². The normalized spacial score (nSPS) is 18.7. The van der Waals surface area contributed by atoms with Crippen LogP contribution in [-0.2, 0) is 4.79 Å². The Labute approximate surface area is 200 Å². The van der Waals surface area contributed by atoms with E-state index in [1.807, 2.05) is 108 Å². The average molecular weight is 449 g/mol. The number of carbonyl (C=O) groups is 1. The molecule has 4 aromatic rings. The third-order valence-corrected chi connectivity index (χ3v) is 6.29. The Morgan fingerprint density at radius 3 is 1.56 bits per heavy atom. The molecular formula is C29H28N4O. The number of benzene rings is 2. The Kier molecular flexibility index (Phi) is 5.84. The molecule has 1 aliphatic carbocycles. The van der Waals surface area contributed by atoms with Crippen LogP contribution in [0.25, 0.3) is 23.5 Å². The van der Waals surface area contributed by atoms with Gasteiger partial charge in [0.25, 0.3) is 0 Å². The van der Waals surface area contributed by atoms with E-state index < -0.39 is 0 Å². The number of para-hydroxylation sites is 2. The predicted octanol–water partition coefficient (Wildman–Crippen LogP) is 6.14. The molecule has 5 nitrogen and oxygen atoms in total. The van der Waals surface area contributed by atoms with Crippen LogP contribution in [0.5, 0.6) is 0 Å². The summed E-state index contributed by atoms with van der Waals surface area (Å²) in [7, 11) is 0. The van der Waals surface area contributed by atoms with Crippen LogP contribution in [-0.4, -0.2) is 25.3 Å². The second-order valence-corrected chi connectivity index (χ2v) is 9.08. The topological polar surface area (TPSA) is 52.7 Å². The minimum absolute atomic E-state index is 0.122. The Morgan fingerprint density at radius 1 is 0.735 bits per heavy atom. The third kappa shape index (κ3) is 4.42. The fourth-order valence-electron chi connectivity index (χ4n) is 4.50. The van der Waals surface area contributed by atoms with E-state index in [4.69, 9.17) is 0 Å². The quantitative estimate of drug-likeness (QED) is 0.352. The number of carbonyl (C=O) groups excluding carboxylic acids is 1. The molecule has 2 aromatic heterocycles. The molecule has 0 spiro atoms. The van der Waals surface area contributed by atoms with Gasteiger partial charge in [0, 0.05) is 34.7 Å². The monoisotopic (exact) mass is 448 g/mol. The lowest BCUT2D eigenvalue weighted by Crippen LogP contribution is -2.18. The highest BCUT2D eigenvalue weighted by Gasteiger charge is 2.26. The smallest absolute Gasteiger partial charge is 0.185 e. The number of allylic oxidation sites excluding steroid dienone is 2. The van der Waals surface area contributed by atoms with Crippen LogP contribution < -0.4 is 0 Å². The Balaban J connectivity index is 1.46. The summed E-state index contributed by atoms with van der Waals surface area (Å²) in [5.74, 6) is 0.515. The molecule has 0 bridgehead atoms. The molecular weight excluding hydrogens is 420 g/mol. The number of aryl methyl sites for hydroxylation is 2. The number of hydrogen-bond donors (Lipinski definition) is 0. The van der Waals surface area contributed by atoms with Crippen molar-refractivity contribution >= 4 is 17.9 Å². The summed E-state index contributed by atoms with van der Waals surface area (Å²) in [4.78, 5) is 13.5. The van der Waals surface area contributed by atoms with Crippen LogP contribution in [0.1, 0.15) is 42.3 Å². The fourth-order valence-corrected chi connectivity index (χ4v) is 4.50. The molecule has 2 aromatic carbocycles. The first-order chi connectivity index (χ1) is 16.5. The molecule has 1 aliphatic rings. The summed E-state index contributed by atoms with van der Waals surface area (Å²) in [5.41, 5.74) is 7.47. The van der Waals surface area contributed by atoms with Crippen molar-refractivity contribution in [2.24, 2.45) is 5.92 Å². The van der Waals surface area contributed by atoms with Gasteiger partial charge in [0.15, 0.2) is 5.78 Å². The van der Waals surface area contributed by atoms with Gasteiger partial charge in [0.2, 0.25) is 0 Å². The molecule has 5 heteroatoms. The maximum atomic E-state index is 13.5. The number of hydrogen-bond acceptors (Lipinski definition) is 3. The fraction of sp³-hybridized carbons (Fsp3) is 0.207. The molecule has 0 N–H and O–H groups in total. The zero-order valence-corrected chi connectivity index (χ0v) is 19.8. The van der Waals surface area contributed by atoms with Gasteiger partial charge >= 0.3 is 0 Å². The van der Waals surface area contributed by atoms with E-state index in [0.29, 0.717) is 5.92 Å². The largest absolute Gasteiger partial charge is 0.289 e. The highest BCUT2D eigenvalue weighted by Crippen LogP contribution is 2.33. The highest BCUT2D eigenvalue weighted by atomic mass is 16.1. The first-order valence-electron chi connectivity index (χ1n) is 11.7. The van der Waals surface area contributed by atoms with Crippen LogP contribution in [0.15, 0.2) is 84.2 Å². The number of rotatable bonds is 4. The van der Waals surface area contributed by atoms with Crippen molar-refractivity contribution in [3.63, 3.8) is 0 Å². The minimum Gasteiger partial charge on any atom is -0.289 e. The lowest BCUT2D eigenvalue weighted by molar-refractivity contribution is -0.113. The first-order valence-corrected chi connectivity index (χ1v) is 11.7. The Morgan fingerprint density at radius 2 is 1.15 bits per heavy atom. The summed E-state index contributed by atoms with van der Waals surface area (Å²) in [6.07, 6.45) is 9.59. The maximum Gasteiger partial charge on any atom is 0.185 e. The number of aromatic nitrogens is 4. The van der Waals surface area contributed by atoms with Gasteiger partial charge in [0.1, 0.15) is 0 Å². The van der Waals surface area contributed by atoms with Gasteiger partial charge in [0.05, 0.1) is 22.8 Å². The highest BCUT2D eigenvalue weighted by molar-refractivity contribution is 6.14. The van der Waals surface area contributed by atoms with Crippen molar-refractivity contribution in [3.05, 3.63) is 107 Å². The SMILES string of the molecule is Cc1nn(-c2ccccc2)cc1C=C1CC(C)C/C(=C/c2cn(-c3ccccc3)nc2C)C1=O. The molecule has 1 saturated carbocycles. The van der Waals surface area contributed by atoms with Crippen LogP contribution in [0.4, 0.5) is 0 Å². The standard InChI is InChI=1S/C29H28N4O/c1-20-14-23(16-25-18-32(30-21(25)2)27-10-6-4-7-11-27)29(34)24(15-20)17-26-19-33(31-22(26)3)28-12-8-5-9-13-28/h4-13,16-20H,14-15H2,1-3H3/b23-16-,24-17?. The van der Waals surface area contributed by atoms with E-state index in [2.05, 4.69) is 17.1 Å². The second kappa shape index (κ2) is 9.10. The summed E-state index contributed by atoms with van der Waals surface area (Å²) < 4.78 is 3.74. The van der Waals surface area contributed by atoms with Crippen molar-refractivity contribution in [1.82, 2.24) is 19.6 Å². The third-order valence-electron chi connectivity index (χ3n) is 6.29. The van der Waals surface area contributed by atoms with Crippen molar-refractivity contribution in [3.8, 4) is 11.4 Å². The van der Waals surface area contributed by atoms with Gasteiger partial charge in [-0.2, -0.15) is 10.2 Å². The van der Waals surface area contributed by atoms with Gasteiger partial charge in [-0.1, -0.05) is 43.3 Å². The van der Waals surface area contributed by atoms with Gasteiger partial charge in [-0.3, -0.25) is 4.79 Å². The minimum atomic E-state index is 0.122. The average Bonchev–Trinajstić information content (AvgIpc) is 3.40. The maximum absolute atomic E-state index is 13.5. The molecule has 0 aliphatic heterocycles. The number of ketones is 1. The van der Waals surface area contributed by atoms with Gasteiger partial charge in [-0.15, -0.1) is 0 Å². The van der Waals surface area contributed by atoms with Gasteiger partial charge < -0.3 is 0 Å². The molecule has 170 valence electrons. The molecule has 0 radical (unpaired) electrons. The van der Waals surface area contributed by atoms with Gasteiger partial charge in [-0.05, 0) is 69.0 Å². The Bertz CT molecular complexity index is 1280. The zero-order valence-electron chi connectivity index (χ0n) is 19.8. The van der Waals surface area contributed by atoms with E-state index in [1.54, 1.807) is 0 Å². The van der Waals surface area contributed by atoms with Crippen molar-refractivity contribution in [1.29, 1.82) is 0 Å². The number of nitrogens with zero attached hydrogens (tertiary/aromatic N) is 4. The van der Waals surface area contributed by atoms with Gasteiger partial charge in [-0.25, -0.2) is 9.36 Å². The molecule has 1 atom stereocenters. The summed E-state index contributed by atoms with van der Waals surface area (Å²) in [6.45, 7) is 6.18. The number of Topliss-reactive ketones (excluding diaryl/α,β-unsaturated/α-hetero) is 1. The van der Waals surface area contributed by atoms with Crippen LogP contribution in [0.2, 0.25) is 0 Å². The molecule has 5 rings (SSSR count). The van der Waals surface area contributed by atoms with Crippen LogP contribution in [0.3, 0.4) is 0 Å². The first kappa shape index (κ1) is 21.8. The Hall–Kier alpha value is -3.99. The summed E-state index contributed by atoms with van der Waals surface area (Å²) >= 11 is 0. The van der Waals surface area contributed by atoms with E-state index in [0.717, 1.165) is 57.9 Å². The molecule has 1 unspecified atom stereocenters.